The van der Waals surface area contributed by atoms with Gasteiger partial charge in [0, 0.05) is 12.6 Å². The lowest BCUT2D eigenvalue weighted by Crippen LogP contribution is -2.43. The van der Waals surface area contributed by atoms with E-state index in [1.54, 1.807) is 11.8 Å². The van der Waals surface area contributed by atoms with E-state index < -0.39 is 31.4 Å². The highest BCUT2D eigenvalue weighted by Crippen LogP contribution is 2.21. The van der Waals surface area contributed by atoms with Crippen molar-refractivity contribution in [2.75, 3.05) is 19.8 Å². The maximum absolute atomic E-state index is 12.0. The number of rotatable bonds is 5. The zero-order valence-electron chi connectivity index (χ0n) is 11.7. The highest BCUT2D eigenvalue weighted by molar-refractivity contribution is 5.77. The molecule has 0 radical (unpaired) electrons. The average Bonchev–Trinajstić information content (AvgIpc) is 2.51. The van der Waals surface area contributed by atoms with Gasteiger partial charge in [-0.15, -0.1) is 0 Å². The zero-order chi connectivity index (χ0) is 15.2. The largest absolute Gasteiger partial charge is 0.411 e. The quantitative estimate of drug-likeness (QED) is 0.845. The van der Waals surface area contributed by atoms with Gasteiger partial charge in [0.1, 0.15) is 13.2 Å². The number of halogens is 3. The molecule has 1 N–H and O–H groups in total. The Morgan fingerprint density at radius 3 is 2.70 bits per heavy atom. The molecule has 118 valence electrons. The first kappa shape index (κ1) is 17.2. The first-order valence-electron chi connectivity index (χ1n) is 6.91. The van der Waals surface area contributed by atoms with E-state index in [0.717, 1.165) is 25.7 Å². The Kier molecular flexibility index (Phi) is 6.75. The molecule has 1 fully saturated rings. The van der Waals surface area contributed by atoms with Gasteiger partial charge in [-0.2, -0.15) is 13.2 Å². The number of nitrogens with zero attached hydrogens (tertiary/aromatic N) is 1. The summed E-state index contributed by atoms with van der Waals surface area (Å²) < 4.78 is 40.4. The normalized spacial score (nSPS) is 22.4. The molecular formula is C13H22F3NO3. The monoisotopic (exact) mass is 297 g/mol. The minimum absolute atomic E-state index is 0.112. The summed E-state index contributed by atoms with van der Waals surface area (Å²) in [5, 5.41) is 9.46. The summed E-state index contributed by atoms with van der Waals surface area (Å²) in [7, 11) is 0. The second kappa shape index (κ2) is 7.83. The van der Waals surface area contributed by atoms with Crippen molar-refractivity contribution in [3.63, 3.8) is 0 Å². The maximum Gasteiger partial charge on any atom is 0.411 e. The Hall–Kier alpha value is -0.820. The molecular weight excluding hydrogens is 275 g/mol. The predicted molar refractivity (Wildman–Crippen MR) is 67.1 cm³/mol. The van der Waals surface area contributed by atoms with Gasteiger partial charge in [0.05, 0.1) is 6.10 Å². The van der Waals surface area contributed by atoms with Crippen LogP contribution in [0.25, 0.3) is 0 Å². The van der Waals surface area contributed by atoms with E-state index >= 15 is 0 Å². The third-order valence-electron chi connectivity index (χ3n) is 3.30. The van der Waals surface area contributed by atoms with Gasteiger partial charge < -0.3 is 14.7 Å². The van der Waals surface area contributed by atoms with Crippen LogP contribution in [0.3, 0.4) is 0 Å². The summed E-state index contributed by atoms with van der Waals surface area (Å²) in [6.45, 7) is 0.197. The summed E-state index contributed by atoms with van der Waals surface area (Å²) in [6.07, 6.45) is -0.946. The van der Waals surface area contributed by atoms with E-state index in [0.29, 0.717) is 13.0 Å². The van der Waals surface area contributed by atoms with Crippen molar-refractivity contribution in [2.24, 2.45) is 0 Å². The maximum atomic E-state index is 12.0. The molecule has 2 atom stereocenters. The third kappa shape index (κ3) is 6.56. The number of likely N-dealkylation sites (tertiary alicyclic amines) is 1. The minimum atomic E-state index is -4.42. The molecule has 20 heavy (non-hydrogen) atoms. The smallest absolute Gasteiger partial charge is 0.393 e. The second-order valence-electron chi connectivity index (χ2n) is 5.28. The van der Waals surface area contributed by atoms with E-state index in [2.05, 4.69) is 4.74 Å². The molecule has 1 amide bonds. The van der Waals surface area contributed by atoms with Gasteiger partial charge in [-0.25, -0.2) is 0 Å². The predicted octanol–water partition coefficient (Wildman–Crippen LogP) is 2.11. The highest BCUT2D eigenvalue weighted by Gasteiger charge is 2.30. The number of hydrogen-bond donors (Lipinski definition) is 1. The van der Waals surface area contributed by atoms with Crippen LogP contribution < -0.4 is 0 Å². The number of aliphatic hydroxyl groups excluding tert-OH is 1. The van der Waals surface area contributed by atoms with Crippen molar-refractivity contribution >= 4 is 5.91 Å². The summed E-state index contributed by atoms with van der Waals surface area (Å²) in [6, 6.07) is -0.112. The molecule has 4 nitrogen and oxygen atoms in total. The Balaban J connectivity index is 2.51. The van der Waals surface area contributed by atoms with Crippen LogP contribution in [0.1, 0.15) is 39.0 Å². The van der Waals surface area contributed by atoms with Gasteiger partial charge in [0.2, 0.25) is 5.91 Å². The molecule has 2 unspecified atom stereocenters. The van der Waals surface area contributed by atoms with Crippen LogP contribution in [0.2, 0.25) is 0 Å². The van der Waals surface area contributed by atoms with Gasteiger partial charge in [0.15, 0.2) is 0 Å². The fourth-order valence-electron chi connectivity index (χ4n) is 2.48. The molecule has 1 heterocycles. The van der Waals surface area contributed by atoms with Crippen molar-refractivity contribution in [1.82, 2.24) is 4.90 Å². The molecule has 0 aromatic rings. The van der Waals surface area contributed by atoms with Crippen molar-refractivity contribution in [1.29, 1.82) is 0 Å². The molecule has 0 aromatic carbocycles. The Morgan fingerprint density at radius 2 is 2.10 bits per heavy atom. The van der Waals surface area contributed by atoms with Gasteiger partial charge in [-0.3, -0.25) is 4.79 Å². The first-order valence-corrected chi connectivity index (χ1v) is 6.91. The van der Waals surface area contributed by atoms with E-state index in [1.807, 2.05) is 0 Å². The highest BCUT2D eigenvalue weighted by atomic mass is 19.4. The Morgan fingerprint density at radius 1 is 1.40 bits per heavy atom. The van der Waals surface area contributed by atoms with E-state index in [4.69, 9.17) is 0 Å². The molecule has 0 spiro atoms. The number of carbonyl (C=O) groups is 1. The van der Waals surface area contributed by atoms with Crippen molar-refractivity contribution in [3.05, 3.63) is 0 Å². The Labute approximate surface area is 116 Å². The summed E-state index contributed by atoms with van der Waals surface area (Å²) in [4.78, 5) is 13.5. The lowest BCUT2D eigenvalue weighted by Gasteiger charge is -2.31. The minimum Gasteiger partial charge on any atom is -0.393 e. The number of amides is 1. The lowest BCUT2D eigenvalue weighted by atomic mass is 10.0. The molecule has 0 saturated carbocycles. The van der Waals surface area contributed by atoms with Crippen molar-refractivity contribution in [2.45, 2.75) is 57.3 Å². The number of ether oxygens (including phenoxy) is 1. The topological polar surface area (TPSA) is 49.8 Å². The van der Waals surface area contributed by atoms with Gasteiger partial charge >= 0.3 is 6.18 Å². The van der Waals surface area contributed by atoms with Crippen LogP contribution in [0.5, 0.6) is 0 Å². The summed E-state index contributed by atoms with van der Waals surface area (Å²) in [5.41, 5.74) is 0. The fourth-order valence-corrected chi connectivity index (χ4v) is 2.48. The van der Waals surface area contributed by atoms with Crippen molar-refractivity contribution < 1.29 is 27.8 Å². The van der Waals surface area contributed by atoms with Crippen LogP contribution >= 0.6 is 0 Å². The summed E-state index contributed by atoms with van der Waals surface area (Å²) >= 11 is 0. The van der Waals surface area contributed by atoms with Crippen LogP contribution in [-0.2, 0) is 9.53 Å². The molecule has 1 saturated heterocycles. The van der Waals surface area contributed by atoms with Gasteiger partial charge in [-0.05, 0) is 26.2 Å². The Bertz CT molecular complexity index is 308. The molecule has 7 heteroatoms. The van der Waals surface area contributed by atoms with Crippen LogP contribution in [0.4, 0.5) is 13.2 Å². The molecule has 0 aliphatic carbocycles. The first-order chi connectivity index (χ1) is 9.29. The number of carbonyl (C=O) groups excluding carboxylic acids is 1. The van der Waals surface area contributed by atoms with Crippen LogP contribution in [0.15, 0.2) is 0 Å². The van der Waals surface area contributed by atoms with E-state index in [-0.39, 0.29) is 6.04 Å². The van der Waals surface area contributed by atoms with Crippen LogP contribution in [0, 0.1) is 0 Å². The lowest BCUT2D eigenvalue weighted by molar-refractivity contribution is -0.178. The standard InChI is InChI=1S/C13H22F3NO3/c1-10(18)7-11-5-3-2-4-6-17(11)12(19)8-20-9-13(14,15)16/h10-11,18H,2-9H2,1H3. The molecule has 1 rings (SSSR count). The molecule has 0 bridgehead atoms. The zero-order valence-corrected chi connectivity index (χ0v) is 11.7. The molecule has 0 aromatic heterocycles. The van der Waals surface area contributed by atoms with E-state index in [1.165, 1.54) is 0 Å². The SMILES string of the molecule is CC(O)CC1CCCCCN1C(=O)COCC(F)(F)F. The fraction of sp³-hybridized carbons (Fsp3) is 0.923. The van der Waals surface area contributed by atoms with Gasteiger partial charge in [0.25, 0.3) is 0 Å². The number of aliphatic hydroxyl groups is 1. The second-order valence-corrected chi connectivity index (χ2v) is 5.28. The third-order valence-corrected chi connectivity index (χ3v) is 3.30. The molecule has 1 aliphatic heterocycles. The molecule has 1 aliphatic rings. The average molecular weight is 297 g/mol. The van der Waals surface area contributed by atoms with Gasteiger partial charge in [-0.1, -0.05) is 12.8 Å². The summed E-state index contributed by atoms with van der Waals surface area (Å²) in [5.74, 6) is -0.429. The van der Waals surface area contributed by atoms with E-state index in [9.17, 15) is 23.1 Å². The van der Waals surface area contributed by atoms with Crippen LogP contribution in [-0.4, -0.2) is 54.0 Å². The van der Waals surface area contributed by atoms with Crippen molar-refractivity contribution in [3.8, 4) is 0 Å². The number of alkyl halides is 3. The number of hydrogen-bond acceptors (Lipinski definition) is 3.